The highest BCUT2D eigenvalue weighted by Crippen LogP contribution is 2.20. The van der Waals surface area contributed by atoms with Gasteiger partial charge in [-0.05, 0) is 44.4 Å². The molecule has 0 spiro atoms. The van der Waals surface area contributed by atoms with Crippen LogP contribution in [0, 0.1) is 0 Å². The molecule has 142 valence electrons. The minimum absolute atomic E-state index is 0. The standard InChI is InChI=1S/C17H28N4O2S.HI/c1-14(2)20-17(18-3)19-13-15-7-9-16(10-8-15)24(22,23)21-11-5-4-6-12-21;/h7-10,14H,4-6,11-13H2,1-3H3,(H2,18,19,20);1H. The second-order valence-corrected chi connectivity index (χ2v) is 8.27. The molecule has 1 aliphatic heterocycles. The summed E-state index contributed by atoms with van der Waals surface area (Å²) in [7, 11) is -1.63. The second kappa shape index (κ2) is 10.3. The van der Waals surface area contributed by atoms with Crippen molar-refractivity contribution < 1.29 is 8.42 Å². The van der Waals surface area contributed by atoms with Crippen LogP contribution in [0.5, 0.6) is 0 Å². The van der Waals surface area contributed by atoms with Crippen LogP contribution in [0.15, 0.2) is 34.2 Å². The van der Waals surface area contributed by atoms with E-state index in [4.69, 9.17) is 0 Å². The minimum Gasteiger partial charge on any atom is -0.354 e. The predicted molar refractivity (Wildman–Crippen MR) is 113 cm³/mol. The maximum atomic E-state index is 12.6. The number of benzene rings is 1. The Morgan fingerprint density at radius 3 is 2.28 bits per heavy atom. The number of hydrogen-bond donors (Lipinski definition) is 2. The first-order valence-corrected chi connectivity index (χ1v) is 9.94. The Bertz CT molecular complexity index is 654. The van der Waals surface area contributed by atoms with Gasteiger partial charge in [0.2, 0.25) is 10.0 Å². The van der Waals surface area contributed by atoms with Gasteiger partial charge in [0.25, 0.3) is 0 Å². The van der Waals surface area contributed by atoms with Crippen LogP contribution in [0.3, 0.4) is 0 Å². The monoisotopic (exact) mass is 480 g/mol. The highest BCUT2D eigenvalue weighted by molar-refractivity contribution is 14.0. The zero-order valence-electron chi connectivity index (χ0n) is 15.2. The molecule has 2 N–H and O–H groups in total. The average Bonchev–Trinajstić information content (AvgIpc) is 2.59. The van der Waals surface area contributed by atoms with Gasteiger partial charge >= 0.3 is 0 Å². The molecule has 1 aromatic carbocycles. The summed E-state index contributed by atoms with van der Waals surface area (Å²) in [4.78, 5) is 4.53. The highest BCUT2D eigenvalue weighted by atomic mass is 127. The molecule has 0 unspecified atom stereocenters. The van der Waals surface area contributed by atoms with E-state index in [-0.39, 0.29) is 24.0 Å². The van der Waals surface area contributed by atoms with Gasteiger partial charge in [-0.25, -0.2) is 8.42 Å². The fraction of sp³-hybridized carbons (Fsp3) is 0.588. The first-order chi connectivity index (χ1) is 11.4. The number of halogens is 1. The van der Waals surface area contributed by atoms with E-state index in [1.807, 2.05) is 26.0 Å². The number of hydrogen-bond acceptors (Lipinski definition) is 3. The van der Waals surface area contributed by atoms with Crippen molar-refractivity contribution in [3.63, 3.8) is 0 Å². The van der Waals surface area contributed by atoms with Gasteiger partial charge < -0.3 is 10.6 Å². The maximum absolute atomic E-state index is 12.6. The van der Waals surface area contributed by atoms with Crippen LogP contribution >= 0.6 is 24.0 Å². The minimum atomic E-state index is -3.35. The number of aliphatic imine (C=N–C) groups is 1. The molecular formula is C17H29IN4O2S. The van der Waals surface area contributed by atoms with Gasteiger partial charge in [-0.2, -0.15) is 4.31 Å². The van der Waals surface area contributed by atoms with Crippen LogP contribution in [0.4, 0.5) is 0 Å². The van der Waals surface area contributed by atoms with Gasteiger partial charge in [-0.1, -0.05) is 18.6 Å². The number of nitrogens with zero attached hydrogens (tertiary/aromatic N) is 2. The summed E-state index contributed by atoms with van der Waals surface area (Å²) in [6.07, 6.45) is 3.01. The Morgan fingerprint density at radius 2 is 1.76 bits per heavy atom. The summed E-state index contributed by atoms with van der Waals surface area (Å²) in [5.74, 6) is 0.731. The summed E-state index contributed by atoms with van der Waals surface area (Å²) in [5.41, 5.74) is 1.01. The molecule has 8 heteroatoms. The number of nitrogens with one attached hydrogen (secondary N) is 2. The van der Waals surface area contributed by atoms with Gasteiger partial charge in [0.1, 0.15) is 0 Å². The molecule has 6 nitrogen and oxygen atoms in total. The lowest BCUT2D eigenvalue weighted by Gasteiger charge is -2.25. The molecule has 0 atom stereocenters. The van der Waals surface area contributed by atoms with Gasteiger partial charge in [-0.3, -0.25) is 4.99 Å². The lowest BCUT2D eigenvalue weighted by molar-refractivity contribution is 0.346. The van der Waals surface area contributed by atoms with E-state index >= 15 is 0 Å². The maximum Gasteiger partial charge on any atom is 0.243 e. The molecule has 1 heterocycles. The zero-order valence-corrected chi connectivity index (χ0v) is 18.3. The summed E-state index contributed by atoms with van der Waals surface area (Å²) in [6.45, 7) is 5.95. The Labute approximate surface area is 168 Å². The van der Waals surface area contributed by atoms with E-state index in [0.29, 0.717) is 30.6 Å². The van der Waals surface area contributed by atoms with E-state index in [9.17, 15) is 8.42 Å². The van der Waals surface area contributed by atoms with Gasteiger partial charge in [0, 0.05) is 32.7 Å². The molecule has 0 amide bonds. The molecule has 0 radical (unpaired) electrons. The number of piperidine rings is 1. The zero-order chi connectivity index (χ0) is 17.6. The first-order valence-electron chi connectivity index (χ1n) is 8.50. The van der Waals surface area contributed by atoms with Crippen LogP contribution in [0.25, 0.3) is 0 Å². The number of rotatable bonds is 5. The fourth-order valence-electron chi connectivity index (χ4n) is 2.69. The lowest BCUT2D eigenvalue weighted by atomic mass is 10.2. The highest BCUT2D eigenvalue weighted by Gasteiger charge is 2.25. The third-order valence-corrected chi connectivity index (χ3v) is 5.90. The van der Waals surface area contributed by atoms with E-state index in [2.05, 4.69) is 15.6 Å². The van der Waals surface area contributed by atoms with Crippen LogP contribution in [0.2, 0.25) is 0 Å². The van der Waals surface area contributed by atoms with Gasteiger partial charge in [0.15, 0.2) is 5.96 Å². The van der Waals surface area contributed by atoms with E-state index in [1.165, 1.54) is 0 Å². The molecule has 1 aliphatic rings. The molecule has 2 rings (SSSR count). The predicted octanol–water partition coefficient (Wildman–Crippen LogP) is 2.55. The second-order valence-electron chi connectivity index (χ2n) is 6.33. The van der Waals surface area contributed by atoms with Crippen molar-refractivity contribution in [2.45, 2.75) is 50.6 Å². The Morgan fingerprint density at radius 1 is 1.16 bits per heavy atom. The van der Waals surface area contributed by atoms with Crippen LogP contribution in [-0.2, 0) is 16.6 Å². The van der Waals surface area contributed by atoms with Gasteiger partial charge in [-0.15, -0.1) is 24.0 Å². The topological polar surface area (TPSA) is 73.8 Å². The third kappa shape index (κ3) is 6.41. The molecule has 25 heavy (non-hydrogen) atoms. The quantitative estimate of drug-likeness (QED) is 0.386. The summed E-state index contributed by atoms with van der Waals surface area (Å²) in [6, 6.07) is 7.39. The molecule has 0 aliphatic carbocycles. The summed E-state index contributed by atoms with van der Waals surface area (Å²) >= 11 is 0. The van der Waals surface area contributed by atoms with Crippen LogP contribution in [0.1, 0.15) is 38.7 Å². The molecular weight excluding hydrogens is 451 g/mol. The summed E-state index contributed by atoms with van der Waals surface area (Å²) in [5, 5.41) is 6.43. The molecule has 1 saturated heterocycles. The van der Waals surface area contributed by atoms with Crippen molar-refractivity contribution in [3.8, 4) is 0 Å². The van der Waals surface area contributed by atoms with Crippen molar-refractivity contribution in [2.24, 2.45) is 4.99 Å². The van der Waals surface area contributed by atoms with E-state index in [1.54, 1.807) is 23.5 Å². The molecule has 1 fully saturated rings. The average molecular weight is 480 g/mol. The number of guanidine groups is 1. The van der Waals surface area contributed by atoms with E-state index < -0.39 is 10.0 Å². The van der Waals surface area contributed by atoms with Crippen LogP contribution < -0.4 is 10.6 Å². The Kier molecular flexibility index (Phi) is 9.15. The van der Waals surface area contributed by atoms with Gasteiger partial charge in [0.05, 0.1) is 4.90 Å². The fourth-order valence-corrected chi connectivity index (χ4v) is 4.20. The van der Waals surface area contributed by atoms with Crippen molar-refractivity contribution in [3.05, 3.63) is 29.8 Å². The van der Waals surface area contributed by atoms with Crippen molar-refractivity contribution in [2.75, 3.05) is 20.1 Å². The molecule has 1 aromatic rings. The molecule has 0 aromatic heterocycles. The lowest BCUT2D eigenvalue weighted by Crippen LogP contribution is -2.40. The first kappa shape index (κ1) is 22.2. The van der Waals surface area contributed by atoms with Crippen molar-refractivity contribution in [1.82, 2.24) is 14.9 Å². The smallest absolute Gasteiger partial charge is 0.243 e. The van der Waals surface area contributed by atoms with Crippen molar-refractivity contribution >= 4 is 40.0 Å². The van der Waals surface area contributed by atoms with E-state index in [0.717, 1.165) is 30.8 Å². The Hall–Kier alpha value is -0.870. The molecule has 0 saturated carbocycles. The van der Waals surface area contributed by atoms with Crippen LogP contribution in [-0.4, -0.2) is 44.9 Å². The van der Waals surface area contributed by atoms with Crippen molar-refractivity contribution in [1.29, 1.82) is 0 Å². The SMILES string of the molecule is CN=C(NCc1ccc(S(=O)(=O)N2CCCCC2)cc1)NC(C)C.I. The normalized spacial score (nSPS) is 16.4. The largest absolute Gasteiger partial charge is 0.354 e. The molecule has 0 bridgehead atoms. The third-order valence-electron chi connectivity index (χ3n) is 3.99. The Balaban J connectivity index is 0.00000312. The number of sulfonamides is 1. The summed E-state index contributed by atoms with van der Waals surface area (Å²) < 4.78 is 26.8.